The number of hydrogen-bond donors (Lipinski definition) is 1. The summed E-state index contributed by atoms with van der Waals surface area (Å²) in [5.74, 6) is -0.392. The number of nitrogens with one attached hydrogen (secondary N) is 1. The first-order chi connectivity index (χ1) is 11.5. The summed E-state index contributed by atoms with van der Waals surface area (Å²) in [6.45, 7) is 5.75. The van der Waals surface area contributed by atoms with Crippen LogP contribution in [0.3, 0.4) is 0 Å². The molecule has 2 heterocycles. The van der Waals surface area contributed by atoms with E-state index in [9.17, 15) is 9.18 Å². The lowest BCUT2D eigenvalue weighted by molar-refractivity contribution is -0.126. The normalized spacial score (nSPS) is 20.5. The highest BCUT2D eigenvalue weighted by atomic mass is 19.1. The maximum Gasteiger partial charge on any atom is 0.253 e. The van der Waals surface area contributed by atoms with Crippen LogP contribution in [0.1, 0.15) is 39.7 Å². The van der Waals surface area contributed by atoms with Gasteiger partial charge in [-0.05, 0) is 62.2 Å². The van der Waals surface area contributed by atoms with Crippen LogP contribution in [0.15, 0.2) is 18.2 Å². The summed E-state index contributed by atoms with van der Waals surface area (Å²) >= 11 is 0. The van der Waals surface area contributed by atoms with Crippen LogP contribution >= 0.6 is 0 Å². The largest absolute Gasteiger partial charge is 0.365 e. The Labute approximate surface area is 139 Å². The monoisotopic (exact) mass is 333 g/mol. The molecule has 1 amide bonds. The smallest absolute Gasteiger partial charge is 0.253 e. The summed E-state index contributed by atoms with van der Waals surface area (Å²) in [4.78, 5) is 12.1. The van der Waals surface area contributed by atoms with Gasteiger partial charge in [-0.2, -0.15) is 0 Å². The Morgan fingerprint density at radius 3 is 2.83 bits per heavy atom. The van der Waals surface area contributed by atoms with Crippen LogP contribution in [0.4, 0.5) is 10.1 Å². The zero-order valence-electron chi connectivity index (χ0n) is 13.9. The van der Waals surface area contributed by atoms with Crippen molar-refractivity contribution in [3.8, 4) is 11.4 Å². The molecule has 1 aromatic carbocycles. The molecule has 1 N–H and O–H groups in total. The number of nitrogens with zero attached hydrogens (tertiary/aromatic N) is 4. The molecule has 3 rings (SSSR count). The second kappa shape index (κ2) is 6.64. The van der Waals surface area contributed by atoms with E-state index in [1.54, 1.807) is 16.8 Å². The molecule has 1 aliphatic heterocycles. The fourth-order valence-electron chi connectivity index (χ4n) is 2.71. The summed E-state index contributed by atoms with van der Waals surface area (Å²) in [5.41, 5.74) is 0.672. The Balaban J connectivity index is 1.77. The van der Waals surface area contributed by atoms with Gasteiger partial charge in [-0.1, -0.05) is 0 Å². The van der Waals surface area contributed by atoms with Gasteiger partial charge in [-0.3, -0.25) is 4.79 Å². The summed E-state index contributed by atoms with van der Waals surface area (Å²) in [7, 11) is 0. The molecule has 8 heteroatoms. The molecule has 2 atom stereocenters. The van der Waals surface area contributed by atoms with Gasteiger partial charge in [-0.15, -0.1) is 5.10 Å². The lowest BCUT2D eigenvalue weighted by Gasteiger charge is -2.13. The fraction of sp³-hybridized carbons (Fsp3) is 0.500. The highest BCUT2D eigenvalue weighted by Gasteiger charge is 2.28. The van der Waals surface area contributed by atoms with Gasteiger partial charge in [0.1, 0.15) is 11.9 Å². The van der Waals surface area contributed by atoms with E-state index in [-0.39, 0.29) is 23.6 Å². The lowest BCUT2D eigenvalue weighted by atomic mass is 10.1. The molecule has 24 heavy (non-hydrogen) atoms. The van der Waals surface area contributed by atoms with Crippen LogP contribution in [0.5, 0.6) is 0 Å². The van der Waals surface area contributed by atoms with Crippen molar-refractivity contribution in [2.24, 2.45) is 0 Å². The average molecular weight is 333 g/mol. The van der Waals surface area contributed by atoms with Gasteiger partial charge in [0.2, 0.25) is 0 Å². The number of halogens is 1. The highest BCUT2D eigenvalue weighted by Crippen LogP contribution is 2.26. The Bertz CT molecular complexity index is 746. The third kappa shape index (κ3) is 3.28. The molecule has 0 radical (unpaired) electrons. The van der Waals surface area contributed by atoms with Crippen LogP contribution in [0, 0.1) is 5.82 Å². The Morgan fingerprint density at radius 1 is 1.42 bits per heavy atom. The predicted octanol–water partition coefficient (Wildman–Crippen LogP) is 2.57. The Kier molecular flexibility index (Phi) is 4.57. The molecule has 1 saturated heterocycles. The number of benzene rings is 1. The first kappa shape index (κ1) is 16.5. The number of ether oxygens (including phenoxy) is 1. The maximum absolute atomic E-state index is 14.5. The molecule has 0 spiro atoms. The molecular weight excluding hydrogens is 313 g/mol. The Hall–Kier alpha value is -2.35. The number of carbonyl (C=O) groups is 1. The molecule has 0 bridgehead atoms. The fourth-order valence-corrected chi connectivity index (χ4v) is 2.71. The first-order valence-corrected chi connectivity index (χ1v) is 8.00. The molecule has 128 valence electrons. The SMILES string of the molecule is CC(C)n1nnnc1-c1ccc(NC(=O)[C@H]2CC[C@H](C)O2)cc1F. The van der Waals surface area contributed by atoms with Gasteiger partial charge in [0, 0.05) is 5.69 Å². The van der Waals surface area contributed by atoms with Crippen molar-refractivity contribution in [3.63, 3.8) is 0 Å². The van der Waals surface area contributed by atoms with Crippen LogP contribution in [0.25, 0.3) is 11.4 Å². The molecule has 2 aromatic rings. The molecular formula is C16H20FN5O2. The molecule has 1 aromatic heterocycles. The van der Waals surface area contributed by atoms with Crippen molar-refractivity contribution in [2.45, 2.75) is 51.9 Å². The lowest BCUT2D eigenvalue weighted by Crippen LogP contribution is -2.27. The zero-order chi connectivity index (χ0) is 17.3. The third-order valence-electron chi connectivity index (χ3n) is 3.98. The Morgan fingerprint density at radius 2 is 2.21 bits per heavy atom. The predicted molar refractivity (Wildman–Crippen MR) is 85.8 cm³/mol. The standard InChI is InChI=1S/C16H20FN5O2/c1-9(2)22-15(19-20-21-22)12-6-5-11(8-13(12)17)18-16(23)14-7-4-10(3)24-14/h5-6,8-10,14H,4,7H2,1-3H3,(H,18,23)/t10-,14+/m0/s1. The van der Waals surface area contributed by atoms with E-state index in [1.807, 2.05) is 20.8 Å². The van der Waals surface area contributed by atoms with Gasteiger partial charge < -0.3 is 10.1 Å². The molecule has 0 unspecified atom stereocenters. The molecule has 0 saturated carbocycles. The average Bonchev–Trinajstić information content (AvgIpc) is 3.16. The third-order valence-corrected chi connectivity index (χ3v) is 3.98. The minimum Gasteiger partial charge on any atom is -0.365 e. The van der Waals surface area contributed by atoms with E-state index < -0.39 is 11.9 Å². The summed E-state index contributed by atoms with van der Waals surface area (Å²) in [6.07, 6.45) is 1.13. The molecule has 0 aliphatic carbocycles. The quantitative estimate of drug-likeness (QED) is 0.930. The van der Waals surface area contributed by atoms with E-state index in [4.69, 9.17) is 4.74 Å². The minimum absolute atomic E-state index is 0.00952. The number of hydrogen-bond acceptors (Lipinski definition) is 5. The molecule has 1 fully saturated rings. The second-order valence-corrected chi connectivity index (χ2v) is 6.24. The van der Waals surface area contributed by atoms with Crippen LogP contribution in [0.2, 0.25) is 0 Å². The number of aromatic nitrogens is 4. The van der Waals surface area contributed by atoms with Crippen LogP contribution < -0.4 is 5.32 Å². The topological polar surface area (TPSA) is 81.9 Å². The number of carbonyl (C=O) groups excluding carboxylic acids is 1. The summed E-state index contributed by atoms with van der Waals surface area (Å²) in [5, 5.41) is 14.0. The van der Waals surface area contributed by atoms with Gasteiger partial charge in [0.05, 0.1) is 17.7 Å². The van der Waals surface area contributed by atoms with E-state index in [0.717, 1.165) is 6.42 Å². The minimum atomic E-state index is -0.495. The highest BCUT2D eigenvalue weighted by molar-refractivity contribution is 5.94. The van der Waals surface area contributed by atoms with E-state index in [2.05, 4.69) is 20.8 Å². The first-order valence-electron chi connectivity index (χ1n) is 8.00. The van der Waals surface area contributed by atoms with Crippen molar-refractivity contribution in [2.75, 3.05) is 5.32 Å². The maximum atomic E-state index is 14.5. The summed E-state index contributed by atoms with van der Waals surface area (Å²) < 4.78 is 21.5. The number of rotatable bonds is 4. The van der Waals surface area contributed by atoms with Crippen molar-refractivity contribution in [3.05, 3.63) is 24.0 Å². The van der Waals surface area contributed by atoms with Gasteiger partial charge in [-0.25, -0.2) is 9.07 Å². The van der Waals surface area contributed by atoms with Crippen molar-refractivity contribution < 1.29 is 13.9 Å². The molecule has 1 aliphatic rings. The van der Waals surface area contributed by atoms with Crippen LogP contribution in [-0.2, 0) is 9.53 Å². The van der Waals surface area contributed by atoms with E-state index >= 15 is 0 Å². The van der Waals surface area contributed by atoms with Crippen molar-refractivity contribution >= 4 is 11.6 Å². The van der Waals surface area contributed by atoms with Crippen molar-refractivity contribution in [1.29, 1.82) is 0 Å². The second-order valence-electron chi connectivity index (χ2n) is 6.24. The van der Waals surface area contributed by atoms with E-state index in [1.165, 1.54) is 6.07 Å². The van der Waals surface area contributed by atoms with Crippen molar-refractivity contribution in [1.82, 2.24) is 20.2 Å². The molecule has 7 nitrogen and oxygen atoms in total. The number of anilines is 1. The van der Waals surface area contributed by atoms with E-state index in [0.29, 0.717) is 17.9 Å². The van der Waals surface area contributed by atoms with Gasteiger partial charge >= 0.3 is 0 Å². The number of tetrazole rings is 1. The van der Waals surface area contributed by atoms with Crippen LogP contribution in [-0.4, -0.2) is 38.3 Å². The zero-order valence-corrected chi connectivity index (χ0v) is 13.9. The van der Waals surface area contributed by atoms with Gasteiger partial charge in [0.25, 0.3) is 5.91 Å². The number of amides is 1. The van der Waals surface area contributed by atoms with Gasteiger partial charge in [0.15, 0.2) is 5.82 Å². The summed E-state index contributed by atoms with van der Waals surface area (Å²) in [6, 6.07) is 4.47.